The highest BCUT2D eigenvalue weighted by molar-refractivity contribution is 4.66. The summed E-state index contributed by atoms with van der Waals surface area (Å²) < 4.78 is 1.24. The third kappa shape index (κ3) is 19.9. The summed E-state index contributed by atoms with van der Waals surface area (Å²) in [7, 11) is 0. The minimum Gasteiger partial charge on any atom is -1.00 e. The van der Waals surface area contributed by atoms with Crippen LogP contribution in [0.3, 0.4) is 0 Å². The van der Waals surface area contributed by atoms with Crippen molar-refractivity contribution >= 4 is 0 Å². The van der Waals surface area contributed by atoms with Crippen molar-refractivity contribution in [2.45, 2.75) is 136 Å². The van der Waals surface area contributed by atoms with E-state index < -0.39 is 0 Å². The van der Waals surface area contributed by atoms with E-state index in [0.717, 1.165) is 6.54 Å². The van der Waals surface area contributed by atoms with Crippen molar-refractivity contribution in [2.24, 2.45) is 0 Å². The van der Waals surface area contributed by atoms with Gasteiger partial charge in [-0.2, -0.15) is 0 Å². The molecule has 0 fully saturated rings. The van der Waals surface area contributed by atoms with Crippen LogP contribution in [0.25, 0.3) is 0 Å². The molecule has 0 saturated heterocycles. The number of rotatable bonds is 23. The molecule has 0 aromatic rings. The number of unbranched alkanes of at least 4 members (excludes halogenated alkanes) is 17. The van der Waals surface area contributed by atoms with Crippen LogP contribution in [0.4, 0.5) is 0 Å². The zero-order valence-corrected chi connectivity index (χ0v) is 22.3. The lowest BCUT2D eigenvalue weighted by Crippen LogP contribution is -3.00. The molecule has 0 aliphatic rings. The molecular weight excluding hydrogens is 418 g/mol. The molecule has 0 spiro atoms. The molecule has 0 radical (unpaired) electrons. The zero-order valence-electron chi connectivity index (χ0n) is 20.7. The van der Waals surface area contributed by atoms with Crippen molar-refractivity contribution in [3.63, 3.8) is 0 Å². The Labute approximate surface area is 196 Å². The van der Waals surface area contributed by atoms with Gasteiger partial charge in [0.1, 0.15) is 0 Å². The summed E-state index contributed by atoms with van der Waals surface area (Å²) in [5.74, 6) is 0. The Morgan fingerprint density at radius 1 is 0.517 bits per heavy atom. The van der Waals surface area contributed by atoms with E-state index >= 15 is 0 Å². The van der Waals surface area contributed by atoms with Crippen LogP contribution in [-0.4, -0.2) is 30.7 Å². The van der Waals surface area contributed by atoms with Crippen LogP contribution >= 0.6 is 0 Å². The molecule has 0 atom stereocenters. The van der Waals surface area contributed by atoms with Gasteiger partial charge in [-0.25, -0.2) is 0 Å². The summed E-state index contributed by atoms with van der Waals surface area (Å²) in [4.78, 5) is 0. The van der Waals surface area contributed by atoms with Crippen molar-refractivity contribution in [1.29, 1.82) is 0 Å². The van der Waals surface area contributed by atoms with Gasteiger partial charge in [0.05, 0.1) is 26.2 Å². The van der Waals surface area contributed by atoms with Gasteiger partial charge in [0, 0.05) is 0 Å². The molecule has 0 rings (SSSR count). The van der Waals surface area contributed by atoms with Crippen LogP contribution in [0.5, 0.6) is 0 Å². The molecule has 0 saturated carbocycles. The highest BCUT2D eigenvalue weighted by atomic mass is 79.9. The van der Waals surface area contributed by atoms with Gasteiger partial charge in [-0.05, 0) is 32.8 Å². The van der Waals surface area contributed by atoms with Gasteiger partial charge in [0.15, 0.2) is 0 Å². The van der Waals surface area contributed by atoms with Crippen molar-refractivity contribution in [2.75, 3.05) is 26.2 Å². The second kappa shape index (κ2) is 24.4. The molecular formula is C27H56BrN. The Bertz CT molecular complexity index is 312. The van der Waals surface area contributed by atoms with Gasteiger partial charge in [-0.15, -0.1) is 0 Å². The summed E-state index contributed by atoms with van der Waals surface area (Å²) in [5.41, 5.74) is 0. The van der Waals surface area contributed by atoms with Gasteiger partial charge >= 0.3 is 0 Å². The Morgan fingerprint density at radius 3 is 1.10 bits per heavy atom. The van der Waals surface area contributed by atoms with Crippen molar-refractivity contribution in [3.8, 4) is 0 Å². The van der Waals surface area contributed by atoms with E-state index in [1.54, 1.807) is 0 Å². The Morgan fingerprint density at radius 2 is 0.828 bits per heavy atom. The first-order chi connectivity index (χ1) is 13.7. The fourth-order valence-electron chi connectivity index (χ4n) is 4.51. The number of hydrogen-bond donors (Lipinski definition) is 0. The van der Waals surface area contributed by atoms with E-state index in [1.165, 1.54) is 140 Å². The average Bonchev–Trinajstić information content (AvgIpc) is 2.72. The molecule has 0 aromatic carbocycles. The van der Waals surface area contributed by atoms with Crippen LogP contribution in [0.1, 0.15) is 136 Å². The number of nitrogens with zero attached hydrogens (tertiary/aromatic N) is 1. The largest absolute Gasteiger partial charge is 1.00 e. The number of likely N-dealkylation sites (N-methyl/N-ethyl adjacent to an activating group) is 1. The maximum Gasteiger partial charge on any atom is 0.0970 e. The molecule has 2 heteroatoms. The molecule has 0 N–H and O–H groups in total. The topological polar surface area (TPSA) is 0 Å². The minimum absolute atomic E-state index is 0. The fraction of sp³-hybridized carbons (Fsp3) is 0.926. The number of quaternary nitrogens is 1. The van der Waals surface area contributed by atoms with Gasteiger partial charge in [0.25, 0.3) is 0 Å². The summed E-state index contributed by atoms with van der Waals surface area (Å²) in [6.07, 6.45) is 28.3. The third-order valence-corrected chi connectivity index (χ3v) is 6.84. The predicted octanol–water partition coefficient (Wildman–Crippen LogP) is 6.07. The first-order valence-corrected chi connectivity index (χ1v) is 13.2. The Balaban J connectivity index is 0. The Kier molecular flexibility index (Phi) is 26.4. The van der Waals surface area contributed by atoms with Crippen LogP contribution in [-0.2, 0) is 0 Å². The van der Waals surface area contributed by atoms with E-state index in [2.05, 4.69) is 33.4 Å². The van der Waals surface area contributed by atoms with E-state index in [9.17, 15) is 0 Å². The molecule has 29 heavy (non-hydrogen) atoms. The van der Waals surface area contributed by atoms with Crippen molar-refractivity contribution < 1.29 is 21.5 Å². The maximum atomic E-state index is 3.96. The van der Waals surface area contributed by atoms with Crippen LogP contribution in [0.2, 0.25) is 0 Å². The lowest BCUT2D eigenvalue weighted by Gasteiger charge is -2.36. The lowest BCUT2D eigenvalue weighted by molar-refractivity contribution is -0.919. The third-order valence-electron chi connectivity index (χ3n) is 6.84. The van der Waals surface area contributed by atoms with Crippen LogP contribution in [0, 0.1) is 0 Å². The first kappa shape index (κ1) is 31.4. The quantitative estimate of drug-likeness (QED) is 0.0957. The molecule has 1 nitrogen and oxygen atoms in total. The standard InChI is InChI=1S/C27H56N.BrH/c1-5-9-10-11-12-13-14-15-16-17-18-19-20-21-22-23-24-25-27-28(7-3,8-4)26-6-2;/h6H,2,5,7-27H2,1,3-4H3;1H/q+1;/p-1. The number of hydrogen-bond acceptors (Lipinski definition) is 0. The van der Waals surface area contributed by atoms with Crippen LogP contribution in [0.15, 0.2) is 12.7 Å². The van der Waals surface area contributed by atoms with E-state index in [1.807, 2.05) is 0 Å². The SMILES string of the molecule is C=CC[N+](CC)(CC)CCCCCCCCCCCCCCCCCCCC.[Br-]. The van der Waals surface area contributed by atoms with E-state index in [0.29, 0.717) is 0 Å². The van der Waals surface area contributed by atoms with Gasteiger partial charge in [-0.3, -0.25) is 0 Å². The smallest absolute Gasteiger partial charge is 0.0970 e. The lowest BCUT2D eigenvalue weighted by atomic mass is 10.0. The highest BCUT2D eigenvalue weighted by Gasteiger charge is 2.20. The molecule has 0 aliphatic heterocycles. The summed E-state index contributed by atoms with van der Waals surface area (Å²) in [6.45, 7) is 15.9. The summed E-state index contributed by atoms with van der Waals surface area (Å²) in [5, 5.41) is 0. The van der Waals surface area contributed by atoms with Gasteiger partial charge in [-0.1, -0.05) is 116 Å². The molecule has 0 unspecified atom stereocenters. The summed E-state index contributed by atoms with van der Waals surface area (Å²) in [6, 6.07) is 0. The van der Waals surface area contributed by atoms with E-state index in [4.69, 9.17) is 0 Å². The molecule has 0 aliphatic carbocycles. The molecule has 0 bridgehead atoms. The summed E-state index contributed by atoms with van der Waals surface area (Å²) >= 11 is 0. The maximum absolute atomic E-state index is 3.96. The second-order valence-corrected chi connectivity index (χ2v) is 9.18. The zero-order chi connectivity index (χ0) is 20.8. The monoisotopic (exact) mass is 473 g/mol. The number of halogens is 1. The first-order valence-electron chi connectivity index (χ1n) is 13.2. The van der Waals surface area contributed by atoms with Gasteiger partial charge in [0.2, 0.25) is 0 Å². The molecule has 0 heterocycles. The van der Waals surface area contributed by atoms with Crippen LogP contribution < -0.4 is 17.0 Å². The second-order valence-electron chi connectivity index (χ2n) is 9.18. The van der Waals surface area contributed by atoms with E-state index in [-0.39, 0.29) is 17.0 Å². The molecule has 0 aromatic heterocycles. The predicted molar refractivity (Wildman–Crippen MR) is 130 cm³/mol. The van der Waals surface area contributed by atoms with Crippen molar-refractivity contribution in [1.82, 2.24) is 0 Å². The molecule has 0 amide bonds. The molecule has 176 valence electrons. The Hall–Kier alpha value is 0.180. The van der Waals surface area contributed by atoms with Gasteiger partial charge < -0.3 is 21.5 Å². The highest BCUT2D eigenvalue weighted by Crippen LogP contribution is 2.15. The fourth-order valence-corrected chi connectivity index (χ4v) is 4.51. The minimum atomic E-state index is 0. The average molecular weight is 475 g/mol. The van der Waals surface area contributed by atoms with Crippen molar-refractivity contribution in [3.05, 3.63) is 12.7 Å². The normalized spacial score (nSPS) is 11.4.